The Bertz CT molecular complexity index is 819. The summed E-state index contributed by atoms with van der Waals surface area (Å²) < 4.78 is 0. The molecule has 2 fully saturated rings. The molecule has 2 aromatic rings. The number of nitrogens with zero attached hydrogens (tertiary/aromatic N) is 1. The second-order valence-electron chi connectivity index (χ2n) is 7.58. The predicted octanol–water partition coefficient (Wildman–Crippen LogP) is 6.02. The van der Waals surface area contributed by atoms with Crippen molar-refractivity contribution in [3.8, 4) is 0 Å². The minimum absolute atomic E-state index is 0.0582. The zero-order chi connectivity index (χ0) is 18.3. The Morgan fingerprint density at radius 3 is 2.15 bits per heavy atom. The highest BCUT2D eigenvalue weighted by atomic mass is 35.5. The quantitative estimate of drug-likeness (QED) is 0.488. The minimum Gasteiger partial charge on any atom is -0.411 e. The molecule has 4 rings (SSSR count). The summed E-state index contributed by atoms with van der Waals surface area (Å²) in [6.45, 7) is 2.21. The molecule has 136 valence electrons. The highest BCUT2D eigenvalue weighted by Crippen LogP contribution is 2.53. The maximum atomic E-state index is 9.90. The van der Waals surface area contributed by atoms with E-state index in [0.717, 1.165) is 40.6 Å². The van der Waals surface area contributed by atoms with Gasteiger partial charge in [-0.1, -0.05) is 66.0 Å². The summed E-state index contributed by atoms with van der Waals surface area (Å²) in [5.74, 6) is 0.184. The Labute approximate surface area is 164 Å². The first kappa shape index (κ1) is 17.8. The smallest absolute Gasteiger partial charge is 0.0698 e. The molecule has 0 amide bonds. The van der Waals surface area contributed by atoms with E-state index in [2.05, 4.69) is 41.7 Å². The van der Waals surface area contributed by atoms with Gasteiger partial charge in [0.2, 0.25) is 0 Å². The lowest BCUT2D eigenvalue weighted by Crippen LogP contribution is -2.56. The average molecular weight is 389 g/mol. The number of oxime groups is 1. The van der Waals surface area contributed by atoms with Gasteiger partial charge >= 0.3 is 0 Å². The molecule has 0 spiro atoms. The highest BCUT2D eigenvalue weighted by Gasteiger charge is 2.52. The van der Waals surface area contributed by atoms with E-state index in [1.165, 1.54) is 5.56 Å². The van der Waals surface area contributed by atoms with Gasteiger partial charge in [0, 0.05) is 33.5 Å². The number of nitrogens with one attached hydrogen (secondary N) is 1. The lowest BCUT2D eigenvalue weighted by atomic mass is 9.58. The molecule has 4 unspecified atom stereocenters. The molecule has 5 heteroatoms. The molecule has 1 heterocycles. The topological polar surface area (TPSA) is 44.6 Å². The Hall–Kier alpha value is -1.55. The van der Waals surface area contributed by atoms with E-state index >= 15 is 0 Å². The van der Waals surface area contributed by atoms with Crippen LogP contribution in [0.1, 0.15) is 49.4 Å². The van der Waals surface area contributed by atoms with E-state index in [4.69, 9.17) is 23.2 Å². The monoisotopic (exact) mass is 388 g/mol. The molecule has 2 aliphatic rings. The Balaban J connectivity index is 1.80. The first-order valence-corrected chi connectivity index (χ1v) is 9.78. The number of hydrogen-bond acceptors (Lipinski definition) is 3. The van der Waals surface area contributed by atoms with Gasteiger partial charge in [-0.3, -0.25) is 0 Å². The van der Waals surface area contributed by atoms with Crippen molar-refractivity contribution in [1.29, 1.82) is 0 Å². The molecule has 1 saturated carbocycles. The Kier molecular flexibility index (Phi) is 4.72. The summed E-state index contributed by atoms with van der Waals surface area (Å²) in [4.78, 5) is 0. The highest BCUT2D eigenvalue weighted by molar-refractivity contribution is 6.30. The second kappa shape index (κ2) is 6.88. The number of hydrogen-bond donors (Lipinski definition) is 2. The summed E-state index contributed by atoms with van der Waals surface area (Å²) in [5.41, 5.74) is 3.03. The third kappa shape index (κ3) is 2.92. The van der Waals surface area contributed by atoms with E-state index in [-0.39, 0.29) is 23.4 Å². The molecule has 1 aliphatic carbocycles. The maximum absolute atomic E-state index is 9.90. The molecule has 4 atom stereocenters. The van der Waals surface area contributed by atoms with Crippen LogP contribution in [0.15, 0.2) is 53.7 Å². The van der Waals surface area contributed by atoms with Crippen LogP contribution in [0.3, 0.4) is 0 Å². The zero-order valence-electron chi connectivity index (χ0n) is 14.6. The zero-order valence-corrected chi connectivity index (χ0v) is 16.1. The molecule has 2 bridgehead atoms. The average Bonchev–Trinajstić information content (AvgIpc) is 2.63. The van der Waals surface area contributed by atoms with Crippen LogP contribution in [-0.2, 0) is 0 Å². The molecule has 26 heavy (non-hydrogen) atoms. The lowest BCUT2D eigenvalue weighted by molar-refractivity contribution is 0.147. The van der Waals surface area contributed by atoms with Gasteiger partial charge < -0.3 is 10.5 Å². The van der Waals surface area contributed by atoms with Gasteiger partial charge in [0.05, 0.1) is 5.71 Å². The van der Waals surface area contributed by atoms with Crippen LogP contribution in [0.4, 0.5) is 0 Å². The molecule has 1 saturated heterocycles. The van der Waals surface area contributed by atoms with Gasteiger partial charge in [-0.15, -0.1) is 0 Å². The van der Waals surface area contributed by atoms with Gasteiger partial charge in [-0.2, -0.15) is 0 Å². The summed E-state index contributed by atoms with van der Waals surface area (Å²) in [7, 11) is 0. The fraction of sp³-hybridized carbons (Fsp3) is 0.381. The predicted molar refractivity (Wildman–Crippen MR) is 106 cm³/mol. The number of halogens is 2. The standard InChI is InChI=1S/C21H22Cl2N2O/c1-21-12-2-3-17(20(21)25-26)18(13-4-8-15(22)9-5-13)24-19(21)14-6-10-16(23)11-7-14/h4-11,17-19,24,26H,2-3,12H2,1H3/b25-20+. The maximum Gasteiger partial charge on any atom is 0.0698 e. The van der Waals surface area contributed by atoms with Gasteiger partial charge in [0.15, 0.2) is 0 Å². The van der Waals surface area contributed by atoms with Gasteiger partial charge in [-0.05, 0) is 48.2 Å². The molecular weight excluding hydrogens is 367 g/mol. The van der Waals surface area contributed by atoms with Crippen molar-refractivity contribution in [2.45, 2.75) is 38.3 Å². The van der Waals surface area contributed by atoms with Crippen molar-refractivity contribution < 1.29 is 5.21 Å². The summed E-state index contributed by atoms with van der Waals surface area (Å²) in [5, 5.41) is 19.0. The molecule has 2 N–H and O–H groups in total. The molecule has 0 aromatic heterocycles. The largest absolute Gasteiger partial charge is 0.411 e. The van der Waals surface area contributed by atoms with Crippen LogP contribution in [0.5, 0.6) is 0 Å². The third-order valence-electron chi connectivity index (χ3n) is 6.07. The van der Waals surface area contributed by atoms with Crippen LogP contribution in [0, 0.1) is 11.3 Å². The Morgan fingerprint density at radius 2 is 1.58 bits per heavy atom. The first-order chi connectivity index (χ1) is 12.5. The lowest BCUT2D eigenvalue weighted by Gasteiger charge is -2.53. The van der Waals surface area contributed by atoms with E-state index in [9.17, 15) is 5.21 Å². The van der Waals surface area contributed by atoms with E-state index < -0.39 is 0 Å². The van der Waals surface area contributed by atoms with Crippen LogP contribution in [0.2, 0.25) is 10.0 Å². The van der Waals surface area contributed by atoms with Gasteiger partial charge in [-0.25, -0.2) is 0 Å². The minimum atomic E-state index is -0.214. The number of fused-ring (bicyclic) bond motifs is 2. The van der Waals surface area contributed by atoms with Crippen molar-refractivity contribution in [3.05, 3.63) is 69.7 Å². The van der Waals surface area contributed by atoms with E-state index in [1.807, 2.05) is 24.3 Å². The van der Waals surface area contributed by atoms with Crippen molar-refractivity contribution in [3.63, 3.8) is 0 Å². The van der Waals surface area contributed by atoms with Crippen molar-refractivity contribution >= 4 is 28.9 Å². The molecule has 0 radical (unpaired) electrons. The van der Waals surface area contributed by atoms with Crippen LogP contribution in [-0.4, -0.2) is 10.9 Å². The molecule has 3 nitrogen and oxygen atoms in total. The number of benzene rings is 2. The van der Waals surface area contributed by atoms with Crippen LogP contribution in [0.25, 0.3) is 0 Å². The van der Waals surface area contributed by atoms with Crippen molar-refractivity contribution in [2.24, 2.45) is 16.5 Å². The SMILES string of the molecule is CC12CCCC(/C1=N\O)C(c1ccc(Cl)cc1)NC2c1ccc(Cl)cc1. The second-order valence-corrected chi connectivity index (χ2v) is 8.45. The number of piperidine rings is 1. The van der Waals surface area contributed by atoms with Gasteiger partial charge in [0.1, 0.15) is 0 Å². The van der Waals surface area contributed by atoms with Crippen molar-refractivity contribution in [2.75, 3.05) is 0 Å². The fourth-order valence-corrected chi connectivity index (χ4v) is 5.03. The Morgan fingerprint density at radius 1 is 1.00 bits per heavy atom. The molecule has 2 aromatic carbocycles. The van der Waals surface area contributed by atoms with Crippen LogP contribution < -0.4 is 5.32 Å². The van der Waals surface area contributed by atoms with Crippen molar-refractivity contribution in [1.82, 2.24) is 5.32 Å². The van der Waals surface area contributed by atoms with Crippen LogP contribution >= 0.6 is 23.2 Å². The summed E-state index contributed by atoms with van der Waals surface area (Å²) >= 11 is 12.2. The summed E-state index contributed by atoms with van der Waals surface area (Å²) in [6, 6.07) is 16.1. The van der Waals surface area contributed by atoms with E-state index in [0.29, 0.717) is 0 Å². The van der Waals surface area contributed by atoms with E-state index in [1.54, 1.807) is 0 Å². The number of rotatable bonds is 2. The molecular formula is C21H22Cl2N2O. The first-order valence-electron chi connectivity index (χ1n) is 9.02. The van der Waals surface area contributed by atoms with Gasteiger partial charge in [0.25, 0.3) is 0 Å². The third-order valence-corrected chi connectivity index (χ3v) is 6.58. The fourth-order valence-electron chi connectivity index (χ4n) is 4.78. The normalized spacial score (nSPS) is 32.6. The molecule has 1 aliphatic heterocycles. The summed E-state index contributed by atoms with van der Waals surface area (Å²) in [6.07, 6.45) is 3.13.